The van der Waals surface area contributed by atoms with E-state index in [0.29, 0.717) is 10.2 Å². The molecule has 0 saturated heterocycles. The normalized spacial score (nSPS) is 9.08. The predicted octanol–water partition coefficient (Wildman–Crippen LogP) is 2.03. The van der Waals surface area contributed by atoms with Gasteiger partial charge in [-0.15, -0.1) is 0 Å². The molecular weight excluding hydrogens is 222 g/mol. The molecule has 12 heavy (non-hydrogen) atoms. The number of nitrogens with zero attached hydrogens (tertiary/aromatic N) is 1. The second kappa shape index (κ2) is 3.46. The molecule has 0 bridgehead atoms. The average molecular weight is 228 g/mol. The first-order valence-electron chi connectivity index (χ1n) is 3.15. The molecule has 0 amide bonds. The fourth-order valence-corrected chi connectivity index (χ4v) is 1.22. The Morgan fingerprint density at radius 1 is 1.58 bits per heavy atom. The van der Waals surface area contributed by atoms with Crippen molar-refractivity contribution >= 4 is 15.9 Å². The van der Waals surface area contributed by atoms with Gasteiger partial charge in [0.25, 0.3) is 0 Å². The number of rotatable bonds is 1. The van der Waals surface area contributed by atoms with Crippen LogP contribution >= 0.6 is 15.9 Å². The lowest BCUT2D eigenvalue weighted by atomic mass is 10.2. The van der Waals surface area contributed by atoms with Gasteiger partial charge in [0.2, 0.25) is 0 Å². The second-order valence-electron chi connectivity index (χ2n) is 2.12. The number of aromatic hydroxyl groups is 1. The summed E-state index contributed by atoms with van der Waals surface area (Å²) in [6.07, 6.45) is 0. The smallest absolute Gasteiger partial charge is 0.147 e. The molecule has 0 atom stereocenters. The summed E-state index contributed by atoms with van der Waals surface area (Å²) in [7, 11) is 1.50. The van der Waals surface area contributed by atoms with Crippen LogP contribution in [0.3, 0.4) is 0 Å². The standard InChI is InChI=1S/C8H6BrNO2/c1-12-6-2-5(4-10)8(11)7(9)3-6/h2-3,11H,1H3. The van der Waals surface area contributed by atoms with Gasteiger partial charge in [-0.25, -0.2) is 0 Å². The van der Waals surface area contributed by atoms with Gasteiger partial charge >= 0.3 is 0 Å². The van der Waals surface area contributed by atoms with Gasteiger partial charge in [0, 0.05) is 6.07 Å². The largest absolute Gasteiger partial charge is 0.505 e. The molecule has 1 aromatic rings. The summed E-state index contributed by atoms with van der Waals surface area (Å²) in [5.41, 5.74) is 0.196. The van der Waals surface area contributed by atoms with Crippen molar-refractivity contribution in [3.05, 3.63) is 22.2 Å². The third-order valence-corrected chi connectivity index (χ3v) is 2.00. The van der Waals surface area contributed by atoms with Crippen molar-refractivity contribution in [3.8, 4) is 17.6 Å². The van der Waals surface area contributed by atoms with Crippen molar-refractivity contribution in [2.24, 2.45) is 0 Å². The average Bonchev–Trinajstić information content (AvgIpc) is 2.09. The molecule has 0 unspecified atom stereocenters. The first kappa shape index (κ1) is 8.88. The van der Waals surface area contributed by atoms with E-state index in [1.54, 1.807) is 6.07 Å². The molecule has 0 aromatic heterocycles. The Hall–Kier alpha value is -1.21. The summed E-state index contributed by atoms with van der Waals surface area (Å²) in [6, 6.07) is 4.92. The van der Waals surface area contributed by atoms with Crippen LogP contribution in [0.15, 0.2) is 16.6 Å². The molecule has 0 aliphatic heterocycles. The second-order valence-corrected chi connectivity index (χ2v) is 2.97. The van der Waals surface area contributed by atoms with Crippen LogP contribution in [-0.4, -0.2) is 12.2 Å². The lowest BCUT2D eigenvalue weighted by Crippen LogP contribution is -1.85. The van der Waals surface area contributed by atoms with Crippen LogP contribution in [0.5, 0.6) is 11.5 Å². The molecule has 3 nitrogen and oxygen atoms in total. The third kappa shape index (κ3) is 1.51. The van der Waals surface area contributed by atoms with Crippen molar-refractivity contribution < 1.29 is 9.84 Å². The van der Waals surface area contributed by atoms with Crippen LogP contribution in [-0.2, 0) is 0 Å². The highest BCUT2D eigenvalue weighted by molar-refractivity contribution is 9.10. The highest BCUT2D eigenvalue weighted by Gasteiger charge is 2.07. The van der Waals surface area contributed by atoms with Crippen LogP contribution in [0.25, 0.3) is 0 Å². The lowest BCUT2D eigenvalue weighted by Gasteiger charge is -2.03. The number of benzene rings is 1. The van der Waals surface area contributed by atoms with Gasteiger partial charge in [-0.05, 0) is 22.0 Å². The first-order chi connectivity index (χ1) is 5.69. The topological polar surface area (TPSA) is 53.2 Å². The molecular formula is C8H6BrNO2. The van der Waals surface area contributed by atoms with Gasteiger partial charge in [-0.3, -0.25) is 0 Å². The SMILES string of the molecule is COc1cc(Br)c(O)c(C#N)c1. The molecule has 1 rings (SSSR count). The van der Waals surface area contributed by atoms with E-state index in [1.807, 2.05) is 6.07 Å². The van der Waals surface area contributed by atoms with E-state index in [2.05, 4.69) is 15.9 Å². The Morgan fingerprint density at radius 3 is 2.75 bits per heavy atom. The van der Waals surface area contributed by atoms with Gasteiger partial charge < -0.3 is 9.84 Å². The zero-order valence-electron chi connectivity index (χ0n) is 6.34. The Balaban J connectivity index is 3.31. The maximum absolute atomic E-state index is 9.29. The number of methoxy groups -OCH3 is 1. The number of hydrogen-bond donors (Lipinski definition) is 1. The van der Waals surface area contributed by atoms with E-state index in [0.717, 1.165) is 0 Å². The summed E-state index contributed by atoms with van der Waals surface area (Å²) in [5.74, 6) is 0.481. The van der Waals surface area contributed by atoms with E-state index in [-0.39, 0.29) is 11.3 Å². The van der Waals surface area contributed by atoms with Crippen molar-refractivity contribution in [3.63, 3.8) is 0 Å². The fraction of sp³-hybridized carbons (Fsp3) is 0.125. The summed E-state index contributed by atoms with van der Waals surface area (Å²) >= 11 is 3.10. The van der Waals surface area contributed by atoms with Gasteiger partial charge in [-0.2, -0.15) is 5.26 Å². The number of halogens is 1. The van der Waals surface area contributed by atoms with Crippen molar-refractivity contribution in [2.75, 3.05) is 7.11 Å². The van der Waals surface area contributed by atoms with E-state index in [1.165, 1.54) is 13.2 Å². The Kier molecular flexibility index (Phi) is 2.56. The molecule has 0 aliphatic carbocycles. The lowest BCUT2D eigenvalue weighted by molar-refractivity contribution is 0.411. The minimum absolute atomic E-state index is 0.0571. The molecule has 0 saturated carbocycles. The van der Waals surface area contributed by atoms with Crippen molar-refractivity contribution in [1.82, 2.24) is 0 Å². The van der Waals surface area contributed by atoms with Crippen LogP contribution < -0.4 is 4.74 Å². The monoisotopic (exact) mass is 227 g/mol. The van der Waals surface area contributed by atoms with Crippen LogP contribution in [0.1, 0.15) is 5.56 Å². The van der Waals surface area contributed by atoms with Gasteiger partial charge in [0.05, 0.1) is 17.1 Å². The predicted molar refractivity (Wildman–Crippen MR) is 47.1 cm³/mol. The van der Waals surface area contributed by atoms with E-state index >= 15 is 0 Å². The van der Waals surface area contributed by atoms with Crippen molar-refractivity contribution in [2.45, 2.75) is 0 Å². The zero-order chi connectivity index (χ0) is 9.14. The highest BCUT2D eigenvalue weighted by atomic mass is 79.9. The fourth-order valence-electron chi connectivity index (χ4n) is 0.777. The molecule has 0 fully saturated rings. The van der Waals surface area contributed by atoms with Gasteiger partial charge in [0.1, 0.15) is 17.6 Å². The van der Waals surface area contributed by atoms with E-state index < -0.39 is 0 Å². The van der Waals surface area contributed by atoms with E-state index in [4.69, 9.17) is 10.00 Å². The Bertz CT molecular complexity index is 344. The number of phenolic OH excluding ortho intramolecular Hbond substituents is 1. The van der Waals surface area contributed by atoms with Gasteiger partial charge in [0.15, 0.2) is 0 Å². The molecule has 1 N–H and O–H groups in total. The quantitative estimate of drug-likeness (QED) is 0.799. The first-order valence-corrected chi connectivity index (χ1v) is 3.95. The van der Waals surface area contributed by atoms with Gasteiger partial charge in [-0.1, -0.05) is 0 Å². The summed E-state index contributed by atoms with van der Waals surface area (Å²) in [6.45, 7) is 0. The molecule has 62 valence electrons. The van der Waals surface area contributed by atoms with Crippen LogP contribution in [0, 0.1) is 11.3 Å². The highest BCUT2D eigenvalue weighted by Crippen LogP contribution is 2.31. The molecule has 0 spiro atoms. The molecule has 1 aromatic carbocycles. The van der Waals surface area contributed by atoms with Crippen LogP contribution in [0.4, 0.5) is 0 Å². The number of ether oxygens (including phenoxy) is 1. The number of phenols is 1. The Morgan fingerprint density at radius 2 is 2.25 bits per heavy atom. The molecule has 0 aliphatic rings. The number of nitriles is 1. The Labute approximate surface area is 78.3 Å². The molecule has 4 heteroatoms. The summed E-state index contributed by atoms with van der Waals surface area (Å²) < 4.78 is 5.36. The van der Waals surface area contributed by atoms with E-state index in [9.17, 15) is 5.11 Å². The molecule has 0 heterocycles. The summed E-state index contributed by atoms with van der Waals surface area (Å²) in [4.78, 5) is 0. The maximum atomic E-state index is 9.29. The summed E-state index contributed by atoms with van der Waals surface area (Å²) in [5, 5.41) is 17.9. The third-order valence-electron chi connectivity index (χ3n) is 1.39. The van der Waals surface area contributed by atoms with Crippen LogP contribution in [0.2, 0.25) is 0 Å². The zero-order valence-corrected chi connectivity index (χ0v) is 7.92. The minimum Gasteiger partial charge on any atom is -0.505 e. The molecule has 0 radical (unpaired) electrons. The minimum atomic E-state index is -0.0571. The number of hydrogen-bond acceptors (Lipinski definition) is 3. The van der Waals surface area contributed by atoms with Crippen molar-refractivity contribution in [1.29, 1.82) is 5.26 Å². The maximum Gasteiger partial charge on any atom is 0.147 e.